The van der Waals surface area contributed by atoms with Gasteiger partial charge in [0.25, 0.3) is 0 Å². The van der Waals surface area contributed by atoms with Gasteiger partial charge in [-0.2, -0.15) is 5.10 Å². The summed E-state index contributed by atoms with van der Waals surface area (Å²) >= 11 is 1.59. The van der Waals surface area contributed by atoms with Gasteiger partial charge >= 0.3 is 0 Å². The zero-order chi connectivity index (χ0) is 19.8. The summed E-state index contributed by atoms with van der Waals surface area (Å²) in [5.41, 5.74) is 4.78. The summed E-state index contributed by atoms with van der Waals surface area (Å²) in [6, 6.07) is 14.5. The van der Waals surface area contributed by atoms with Crippen LogP contribution in [0.3, 0.4) is 0 Å². The zero-order valence-corrected chi connectivity index (χ0v) is 16.8. The van der Waals surface area contributed by atoms with Gasteiger partial charge in [-0.15, -0.1) is 11.8 Å². The van der Waals surface area contributed by atoms with E-state index in [0.717, 1.165) is 22.5 Å². The molecule has 5 nitrogen and oxygen atoms in total. The molecular weight excluding hydrogens is 375 g/mol. The Labute approximate surface area is 167 Å². The van der Waals surface area contributed by atoms with Gasteiger partial charge in [-0.25, -0.2) is 9.07 Å². The van der Waals surface area contributed by atoms with Crippen molar-refractivity contribution in [3.8, 4) is 5.69 Å². The standard InChI is InChI=1S/C21H21FN4OS/c1-13-19-20(14-4-8-16(9-5-14)25(2)3)28-12-18(27)23-21(19)26(24-13)17-10-6-15(22)7-11-17/h4-11,20H,12H2,1-3H3,(H,23,27). The van der Waals surface area contributed by atoms with Gasteiger partial charge in [-0.3, -0.25) is 4.79 Å². The minimum atomic E-state index is -0.308. The van der Waals surface area contributed by atoms with E-state index in [0.29, 0.717) is 17.3 Å². The lowest BCUT2D eigenvalue weighted by atomic mass is 10.0. The van der Waals surface area contributed by atoms with Gasteiger partial charge < -0.3 is 10.2 Å². The Morgan fingerprint density at radius 3 is 2.46 bits per heavy atom. The van der Waals surface area contributed by atoms with Crippen LogP contribution >= 0.6 is 11.8 Å². The van der Waals surface area contributed by atoms with E-state index in [1.807, 2.05) is 21.0 Å². The number of hydrogen-bond acceptors (Lipinski definition) is 4. The molecule has 28 heavy (non-hydrogen) atoms. The van der Waals surface area contributed by atoms with Gasteiger partial charge in [0.2, 0.25) is 5.91 Å². The van der Waals surface area contributed by atoms with Gasteiger partial charge in [0, 0.05) is 25.3 Å². The summed E-state index contributed by atoms with van der Waals surface area (Å²) in [6.45, 7) is 1.94. The van der Waals surface area contributed by atoms with Crippen molar-refractivity contribution < 1.29 is 9.18 Å². The second-order valence-electron chi connectivity index (χ2n) is 6.96. The Kier molecular flexibility index (Phi) is 4.85. The topological polar surface area (TPSA) is 50.2 Å². The van der Waals surface area contributed by atoms with Crippen LogP contribution in [0.1, 0.15) is 22.1 Å². The van der Waals surface area contributed by atoms with Crippen molar-refractivity contribution in [2.45, 2.75) is 12.2 Å². The molecule has 0 fully saturated rings. The second-order valence-corrected chi connectivity index (χ2v) is 8.05. The lowest BCUT2D eigenvalue weighted by Crippen LogP contribution is -2.15. The van der Waals surface area contributed by atoms with Crippen molar-refractivity contribution in [3.05, 3.63) is 71.2 Å². The van der Waals surface area contributed by atoms with E-state index in [9.17, 15) is 9.18 Å². The van der Waals surface area contributed by atoms with E-state index in [4.69, 9.17) is 0 Å². The number of halogens is 1. The highest BCUT2D eigenvalue weighted by Gasteiger charge is 2.30. The number of thioether (sulfide) groups is 1. The lowest BCUT2D eigenvalue weighted by molar-refractivity contribution is -0.113. The minimum Gasteiger partial charge on any atom is -0.378 e. The van der Waals surface area contributed by atoms with Crippen LogP contribution in [0, 0.1) is 12.7 Å². The number of aryl methyl sites for hydroxylation is 1. The highest BCUT2D eigenvalue weighted by Crippen LogP contribution is 2.44. The molecular formula is C21H21FN4OS. The predicted octanol–water partition coefficient (Wildman–Crippen LogP) is 4.16. The number of carbonyl (C=O) groups excluding carboxylic acids is 1. The van der Waals surface area contributed by atoms with Crippen molar-refractivity contribution in [2.24, 2.45) is 0 Å². The Morgan fingerprint density at radius 1 is 1.14 bits per heavy atom. The Morgan fingerprint density at radius 2 is 1.82 bits per heavy atom. The largest absolute Gasteiger partial charge is 0.378 e. The van der Waals surface area contributed by atoms with E-state index >= 15 is 0 Å². The molecule has 1 N–H and O–H groups in total. The molecule has 4 rings (SSSR count). The molecule has 1 aliphatic heterocycles. The van der Waals surface area contributed by atoms with Crippen LogP contribution < -0.4 is 10.2 Å². The number of fused-ring (bicyclic) bond motifs is 1. The normalized spacial score (nSPS) is 16.3. The first-order valence-corrected chi connectivity index (χ1v) is 10.0. The lowest BCUT2D eigenvalue weighted by Gasteiger charge is -2.18. The van der Waals surface area contributed by atoms with E-state index < -0.39 is 0 Å². The number of amides is 1. The molecule has 1 amide bonds. The Hall–Kier alpha value is -2.80. The maximum Gasteiger partial charge on any atom is 0.235 e. The van der Waals surface area contributed by atoms with Gasteiger partial charge in [-0.05, 0) is 48.9 Å². The number of rotatable bonds is 3. The van der Waals surface area contributed by atoms with Gasteiger partial charge in [0.05, 0.1) is 22.4 Å². The van der Waals surface area contributed by atoms with Crippen molar-refractivity contribution >= 4 is 29.2 Å². The smallest absolute Gasteiger partial charge is 0.235 e. The Bertz CT molecular complexity index is 1010. The highest BCUT2D eigenvalue weighted by atomic mass is 32.2. The number of nitrogens with one attached hydrogen (secondary N) is 1. The molecule has 3 aromatic rings. The predicted molar refractivity (Wildman–Crippen MR) is 112 cm³/mol. The van der Waals surface area contributed by atoms with Crippen LogP contribution in [0.5, 0.6) is 0 Å². The summed E-state index contributed by atoms with van der Waals surface area (Å²) < 4.78 is 15.0. The van der Waals surface area contributed by atoms with Crippen LogP contribution in [-0.2, 0) is 4.79 Å². The van der Waals surface area contributed by atoms with Crippen molar-refractivity contribution in [1.82, 2.24) is 9.78 Å². The molecule has 1 unspecified atom stereocenters. The van der Waals surface area contributed by atoms with E-state index in [1.165, 1.54) is 12.1 Å². The molecule has 0 radical (unpaired) electrons. The molecule has 0 spiro atoms. The Balaban J connectivity index is 1.82. The monoisotopic (exact) mass is 396 g/mol. The van der Waals surface area contributed by atoms with E-state index in [-0.39, 0.29) is 17.0 Å². The van der Waals surface area contributed by atoms with Crippen LogP contribution in [0.25, 0.3) is 5.69 Å². The van der Waals surface area contributed by atoms with Gasteiger partial charge in [0.1, 0.15) is 11.6 Å². The molecule has 0 saturated carbocycles. The molecule has 2 heterocycles. The first kappa shape index (κ1) is 18.6. The number of benzene rings is 2. The summed E-state index contributed by atoms with van der Waals surface area (Å²) in [5, 5.41) is 7.63. The summed E-state index contributed by atoms with van der Waals surface area (Å²) in [7, 11) is 4.01. The van der Waals surface area contributed by atoms with Crippen molar-refractivity contribution in [3.63, 3.8) is 0 Å². The van der Waals surface area contributed by atoms with Crippen molar-refractivity contribution in [1.29, 1.82) is 0 Å². The number of nitrogens with zero attached hydrogens (tertiary/aromatic N) is 3. The maximum absolute atomic E-state index is 13.3. The van der Waals surface area contributed by atoms with E-state index in [1.54, 1.807) is 28.6 Å². The fraction of sp³-hybridized carbons (Fsp3) is 0.238. The molecule has 144 valence electrons. The van der Waals surface area contributed by atoms with Crippen molar-refractivity contribution in [2.75, 3.05) is 30.1 Å². The minimum absolute atomic E-state index is 0.0145. The molecule has 1 aliphatic rings. The second kappa shape index (κ2) is 7.31. The first-order valence-electron chi connectivity index (χ1n) is 8.98. The third-order valence-electron chi connectivity index (χ3n) is 4.79. The number of hydrogen-bond donors (Lipinski definition) is 1. The van der Waals surface area contributed by atoms with Crippen LogP contribution in [-0.4, -0.2) is 35.5 Å². The summed E-state index contributed by atoms with van der Waals surface area (Å²) in [5.74, 6) is 0.636. The average molecular weight is 396 g/mol. The number of carbonyl (C=O) groups is 1. The van der Waals surface area contributed by atoms with Gasteiger partial charge in [-0.1, -0.05) is 12.1 Å². The van der Waals surface area contributed by atoms with Gasteiger partial charge in [0.15, 0.2) is 0 Å². The quantitative estimate of drug-likeness (QED) is 0.722. The maximum atomic E-state index is 13.3. The third-order valence-corrected chi connectivity index (χ3v) is 6.06. The molecule has 0 saturated heterocycles. The molecule has 0 bridgehead atoms. The summed E-state index contributed by atoms with van der Waals surface area (Å²) in [4.78, 5) is 14.4. The van der Waals surface area contributed by atoms with Crippen LogP contribution in [0.4, 0.5) is 15.9 Å². The highest BCUT2D eigenvalue weighted by molar-refractivity contribution is 8.00. The third kappa shape index (κ3) is 3.38. The molecule has 1 aromatic heterocycles. The summed E-state index contributed by atoms with van der Waals surface area (Å²) in [6.07, 6.45) is 0. The molecule has 7 heteroatoms. The number of anilines is 2. The first-order chi connectivity index (χ1) is 13.4. The van der Waals surface area contributed by atoms with Crippen LogP contribution in [0.15, 0.2) is 48.5 Å². The number of aromatic nitrogens is 2. The van der Waals surface area contributed by atoms with E-state index in [2.05, 4.69) is 39.6 Å². The fourth-order valence-electron chi connectivity index (χ4n) is 3.36. The molecule has 2 aromatic carbocycles. The average Bonchev–Trinajstić information content (AvgIpc) is 2.88. The zero-order valence-electron chi connectivity index (χ0n) is 15.9. The van der Waals surface area contributed by atoms with Crippen LogP contribution in [0.2, 0.25) is 0 Å². The molecule has 0 aliphatic carbocycles. The fourth-order valence-corrected chi connectivity index (χ4v) is 4.55. The SMILES string of the molecule is Cc1nn(-c2ccc(F)cc2)c2c1C(c1ccc(N(C)C)cc1)SCC(=O)N2. The molecule has 1 atom stereocenters.